The van der Waals surface area contributed by atoms with Crippen LogP contribution in [-0.2, 0) is 0 Å². The normalized spacial score (nSPS) is 14.4. The number of aromatic nitrogens is 6. The molecule has 3 aliphatic rings. The Kier molecular flexibility index (Phi) is 9.10. The zero-order valence-electron chi connectivity index (χ0n) is 37.0. The Balaban J connectivity index is 0.907. The second-order valence-electron chi connectivity index (χ2n) is 17.7. The van der Waals surface area contributed by atoms with Crippen molar-refractivity contribution >= 4 is 31.5 Å². The fourth-order valence-corrected chi connectivity index (χ4v) is 11.8. The SMILES string of the molecule is c1ccc(-c2nc(-c3ccccc3)nc(-c3ccc4c(c3)C3c5ccccc5C4c4cc(-c5nc(-c6ccccc6)nc(-c6ccccc6-c6cccc7sc8ccccc8c67)n5)ccc43)n2)cc1. The first-order valence-electron chi connectivity index (χ1n) is 23.3. The summed E-state index contributed by atoms with van der Waals surface area (Å²) in [5, 5.41) is 2.51. The molecule has 0 spiro atoms. The van der Waals surface area contributed by atoms with Crippen LogP contribution < -0.4 is 0 Å². The van der Waals surface area contributed by atoms with Crippen LogP contribution in [-0.4, -0.2) is 29.9 Å². The van der Waals surface area contributed by atoms with Crippen LogP contribution in [0, 0.1) is 0 Å². The maximum Gasteiger partial charge on any atom is 0.164 e. The van der Waals surface area contributed by atoms with Crippen molar-refractivity contribution in [3.8, 4) is 79.5 Å². The van der Waals surface area contributed by atoms with Gasteiger partial charge in [0.05, 0.1) is 0 Å². The Labute approximate surface area is 402 Å². The van der Waals surface area contributed by atoms with Crippen LogP contribution in [0.2, 0.25) is 0 Å². The molecule has 9 aromatic carbocycles. The van der Waals surface area contributed by atoms with E-state index < -0.39 is 0 Å². The summed E-state index contributed by atoms with van der Waals surface area (Å²) in [6, 6.07) is 76.9. The molecule has 3 aliphatic carbocycles. The molecule has 0 radical (unpaired) electrons. The Morgan fingerprint density at radius 1 is 0.261 bits per heavy atom. The lowest BCUT2D eigenvalue weighted by atomic mass is 9.61. The first-order valence-corrected chi connectivity index (χ1v) is 24.1. The van der Waals surface area contributed by atoms with Gasteiger partial charge in [0.25, 0.3) is 0 Å². The third-order valence-corrected chi connectivity index (χ3v) is 14.9. The highest BCUT2D eigenvalue weighted by Crippen LogP contribution is 2.57. The van der Waals surface area contributed by atoms with E-state index >= 15 is 0 Å². The molecule has 12 aromatic rings. The van der Waals surface area contributed by atoms with Crippen molar-refractivity contribution in [3.63, 3.8) is 0 Å². The summed E-state index contributed by atoms with van der Waals surface area (Å²) in [5.74, 6) is 3.89. The zero-order valence-corrected chi connectivity index (χ0v) is 37.8. The minimum atomic E-state index is 0.0138. The van der Waals surface area contributed by atoms with Gasteiger partial charge in [-0.05, 0) is 68.8 Å². The minimum Gasteiger partial charge on any atom is -0.208 e. The number of benzene rings is 9. The molecule has 6 nitrogen and oxygen atoms in total. The Morgan fingerprint density at radius 2 is 0.652 bits per heavy atom. The van der Waals surface area contributed by atoms with E-state index in [1.807, 2.05) is 65.9 Å². The van der Waals surface area contributed by atoms with Crippen molar-refractivity contribution in [2.75, 3.05) is 0 Å². The second kappa shape index (κ2) is 15.9. The van der Waals surface area contributed by atoms with Gasteiger partial charge in [-0.3, -0.25) is 0 Å². The molecule has 69 heavy (non-hydrogen) atoms. The maximum atomic E-state index is 5.38. The largest absolute Gasteiger partial charge is 0.208 e. The van der Waals surface area contributed by atoms with Gasteiger partial charge in [-0.2, -0.15) is 0 Å². The standard InChI is InChI=1S/C62H38N6S/c1-4-17-37(18-5-1)57-63-58(38-19-6-2-7-20-38)65-60(64-57)40-31-33-46-50(35-40)54-44-24-11-12-25-45(44)55(46)51-36-41(32-34-47(51)54)61-66-59(39-21-8-3-9-22-39)67-62(68-61)48-26-13-10-23-42(48)43-28-16-30-53-56(43)49-27-14-15-29-52(49)69-53/h1-36,54-55H. The number of nitrogens with zero attached hydrogens (tertiary/aromatic N) is 6. The molecule has 0 N–H and O–H groups in total. The van der Waals surface area contributed by atoms with Crippen LogP contribution in [0.25, 0.3) is 99.6 Å². The van der Waals surface area contributed by atoms with Crippen LogP contribution >= 0.6 is 11.3 Å². The predicted octanol–water partition coefficient (Wildman–Crippen LogP) is 15.1. The topological polar surface area (TPSA) is 77.3 Å². The van der Waals surface area contributed by atoms with E-state index in [-0.39, 0.29) is 11.8 Å². The molecule has 0 saturated heterocycles. The summed E-state index contributed by atoms with van der Waals surface area (Å²) < 4.78 is 2.53. The van der Waals surface area contributed by atoms with Gasteiger partial charge in [-0.15, -0.1) is 11.3 Å². The molecule has 15 rings (SSSR count). The summed E-state index contributed by atoms with van der Waals surface area (Å²) in [7, 11) is 0. The van der Waals surface area contributed by atoms with Gasteiger partial charge >= 0.3 is 0 Å². The lowest BCUT2D eigenvalue weighted by molar-refractivity contribution is 0.754. The molecule has 2 atom stereocenters. The maximum absolute atomic E-state index is 5.38. The summed E-state index contributed by atoms with van der Waals surface area (Å²) in [6.45, 7) is 0. The molecule has 0 amide bonds. The highest BCUT2D eigenvalue weighted by Gasteiger charge is 2.41. The molecule has 0 fully saturated rings. The van der Waals surface area contributed by atoms with Gasteiger partial charge in [-0.25, -0.2) is 29.9 Å². The van der Waals surface area contributed by atoms with Crippen molar-refractivity contribution in [2.45, 2.75) is 11.8 Å². The number of thiophene rings is 1. The molecule has 0 aliphatic heterocycles. The average molecular weight is 899 g/mol. The minimum absolute atomic E-state index is 0.0138. The van der Waals surface area contributed by atoms with Crippen molar-refractivity contribution in [1.29, 1.82) is 0 Å². The average Bonchev–Trinajstić information content (AvgIpc) is 3.82. The van der Waals surface area contributed by atoms with E-state index in [0.29, 0.717) is 34.9 Å². The quantitative estimate of drug-likeness (QED) is 0.159. The summed E-state index contributed by atoms with van der Waals surface area (Å²) in [4.78, 5) is 31.0. The fraction of sp³-hybridized carbons (Fsp3) is 0.0323. The zero-order chi connectivity index (χ0) is 45.4. The van der Waals surface area contributed by atoms with E-state index in [0.717, 1.165) is 44.5 Å². The molecular formula is C62H38N6S. The molecule has 0 saturated carbocycles. The van der Waals surface area contributed by atoms with Crippen LogP contribution in [0.4, 0.5) is 0 Å². The van der Waals surface area contributed by atoms with Crippen molar-refractivity contribution in [1.82, 2.24) is 29.9 Å². The van der Waals surface area contributed by atoms with E-state index in [1.54, 1.807) is 0 Å². The van der Waals surface area contributed by atoms with Gasteiger partial charge < -0.3 is 0 Å². The van der Waals surface area contributed by atoms with E-state index in [4.69, 9.17) is 29.9 Å². The van der Waals surface area contributed by atoms with E-state index in [9.17, 15) is 0 Å². The molecule has 322 valence electrons. The lowest BCUT2D eigenvalue weighted by Gasteiger charge is -2.42. The predicted molar refractivity (Wildman–Crippen MR) is 279 cm³/mol. The number of rotatable bonds is 7. The fourth-order valence-electron chi connectivity index (χ4n) is 10.7. The molecule has 3 heterocycles. The molecular weight excluding hydrogens is 861 g/mol. The summed E-state index contributed by atoms with van der Waals surface area (Å²) in [6.07, 6.45) is 0. The second-order valence-corrected chi connectivity index (χ2v) is 18.8. The van der Waals surface area contributed by atoms with Gasteiger partial charge in [0.15, 0.2) is 34.9 Å². The van der Waals surface area contributed by atoms with Crippen LogP contribution in [0.15, 0.2) is 218 Å². The first-order chi connectivity index (χ1) is 34.2. The highest BCUT2D eigenvalue weighted by molar-refractivity contribution is 7.25. The lowest BCUT2D eigenvalue weighted by Crippen LogP contribution is -2.27. The number of hydrogen-bond donors (Lipinski definition) is 0. The van der Waals surface area contributed by atoms with Gasteiger partial charge in [-0.1, -0.05) is 194 Å². The van der Waals surface area contributed by atoms with Gasteiger partial charge in [0, 0.05) is 65.4 Å². The Bertz CT molecular complexity index is 3920. The Morgan fingerprint density at radius 3 is 1.19 bits per heavy atom. The van der Waals surface area contributed by atoms with Gasteiger partial charge in [0.2, 0.25) is 0 Å². The third-order valence-electron chi connectivity index (χ3n) is 13.8. The third kappa shape index (κ3) is 6.54. The molecule has 2 bridgehead atoms. The van der Waals surface area contributed by atoms with Crippen LogP contribution in [0.3, 0.4) is 0 Å². The summed E-state index contributed by atoms with van der Waals surface area (Å²) in [5.41, 5.74) is 15.7. The van der Waals surface area contributed by atoms with Crippen LogP contribution in [0.1, 0.15) is 45.2 Å². The Hall–Kier alpha value is -8.78. The number of hydrogen-bond acceptors (Lipinski definition) is 7. The highest BCUT2D eigenvalue weighted by atomic mass is 32.1. The first kappa shape index (κ1) is 39.4. The molecule has 7 heteroatoms. The number of fused-ring (bicyclic) bond motifs is 3. The monoisotopic (exact) mass is 898 g/mol. The smallest absolute Gasteiger partial charge is 0.164 e. The van der Waals surface area contributed by atoms with Crippen molar-refractivity contribution in [3.05, 3.63) is 252 Å². The van der Waals surface area contributed by atoms with Gasteiger partial charge in [0.1, 0.15) is 0 Å². The van der Waals surface area contributed by atoms with E-state index in [1.165, 1.54) is 53.6 Å². The summed E-state index contributed by atoms with van der Waals surface area (Å²) >= 11 is 1.83. The van der Waals surface area contributed by atoms with Crippen molar-refractivity contribution in [2.24, 2.45) is 0 Å². The van der Waals surface area contributed by atoms with Crippen LogP contribution in [0.5, 0.6) is 0 Å². The molecule has 2 unspecified atom stereocenters. The van der Waals surface area contributed by atoms with Crippen molar-refractivity contribution < 1.29 is 0 Å². The molecule has 3 aromatic heterocycles. The van der Waals surface area contributed by atoms with E-state index in [2.05, 4.69) is 164 Å².